The number of ether oxygens (including phenoxy) is 1. The van der Waals surface area contributed by atoms with Gasteiger partial charge in [-0.1, -0.05) is 24.3 Å². The molecular formula is C23H23FN4O2. The maximum atomic E-state index is 13.8. The molecule has 7 heteroatoms. The fourth-order valence-corrected chi connectivity index (χ4v) is 3.51. The molecule has 1 atom stereocenters. The number of aryl methyl sites for hydroxylation is 1. The number of anilines is 2. The van der Waals surface area contributed by atoms with Gasteiger partial charge in [0.15, 0.2) is 5.82 Å². The van der Waals surface area contributed by atoms with Crippen LogP contribution in [0.3, 0.4) is 0 Å². The van der Waals surface area contributed by atoms with Gasteiger partial charge in [0.05, 0.1) is 5.92 Å². The maximum Gasteiger partial charge on any atom is 0.263 e. The smallest absolute Gasteiger partial charge is 0.263 e. The number of carbonyl (C=O) groups is 1. The third-order valence-corrected chi connectivity index (χ3v) is 5.14. The fourth-order valence-electron chi connectivity index (χ4n) is 3.51. The van der Waals surface area contributed by atoms with Crippen molar-refractivity contribution in [3.05, 3.63) is 72.3 Å². The van der Waals surface area contributed by atoms with Gasteiger partial charge in [-0.3, -0.25) is 4.79 Å². The van der Waals surface area contributed by atoms with Crippen molar-refractivity contribution in [1.29, 1.82) is 0 Å². The summed E-state index contributed by atoms with van der Waals surface area (Å²) >= 11 is 0. The van der Waals surface area contributed by atoms with Crippen LogP contribution >= 0.6 is 0 Å². The second-order valence-corrected chi connectivity index (χ2v) is 7.34. The van der Waals surface area contributed by atoms with Crippen molar-refractivity contribution in [1.82, 2.24) is 9.97 Å². The van der Waals surface area contributed by atoms with Gasteiger partial charge >= 0.3 is 0 Å². The summed E-state index contributed by atoms with van der Waals surface area (Å²) in [5, 5.41) is 2.83. The number of piperidine rings is 1. The van der Waals surface area contributed by atoms with Crippen molar-refractivity contribution in [3.8, 4) is 11.6 Å². The number of halogens is 1. The third kappa shape index (κ3) is 4.56. The van der Waals surface area contributed by atoms with Crippen LogP contribution in [0.25, 0.3) is 0 Å². The molecule has 1 unspecified atom stereocenters. The molecule has 1 amide bonds. The molecular weight excluding hydrogens is 383 g/mol. The van der Waals surface area contributed by atoms with Gasteiger partial charge in [-0.25, -0.2) is 14.4 Å². The van der Waals surface area contributed by atoms with E-state index in [0.29, 0.717) is 35.2 Å². The minimum absolute atomic E-state index is 0.127. The first-order valence-corrected chi connectivity index (χ1v) is 9.96. The Morgan fingerprint density at radius 1 is 1.17 bits per heavy atom. The van der Waals surface area contributed by atoms with E-state index in [1.807, 2.05) is 35.2 Å². The summed E-state index contributed by atoms with van der Waals surface area (Å²) in [5.41, 5.74) is 1.01. The molecule has 2 heterocycles. The Balaban J connectivity index is 1.47. The summed E-state index contributed by atoms with van der Waals surface area (Å²) in [7, 11) is 0. The Morgan fingerprint density at radius 3 is 2.77 bits per heavy atom. The SMILES string of the molecule is Cc1ccc(NC(=O)C2CCCN(c3nccnc3Oc3ccccc3)C2)cc1F. The first-order chi connectivity index (χ1) is 14.6. The van der Waals surface area contributed by atoms with Crippen LogP contribution in [0.1, 0.15) is 18.4 Å². The molecule has 1 saturated heterocycles. The van der Waals surface area contributed by atoms with Crippen molar-refractivity contribution in [3.63, 3.8) is 0 Å². The molecule has 0 spiro atoms. The number of hydrogen-bond donors (Lipinski definition) is 1. The van der Waals surface area contributed by atoms with E-state index in [1.54, 1.807) is 31.5 Å². The van der Waals surface area contributed by atoms with E-state index in [0.717, 1.165) is 19.4 Å². The summed E-state index contributed by atoms with van der Waals surface area (Å²) in [4.78, 5) is 23.6. The normalized spacial score (nSPS) is 16.2. The lowest BCUT2D eigenvalue weighted by molar-refractivity contribution is -0.120. The zero-order chi connectivity index (χ0) is 20.9. The Morgan fingerprint density at radius 2 is 1.97 bits per heavy atom. The van der Waals surface area contributed by atoms with Gasteiger partial charge in [-0.05, 0) is 49.6 Å². The zero-order valence-electron chi connectivity index (χ0n) is 16.7. The quantitative estimate of drug-likeness (QED) is 0.672. The third-order valence-electron chi connectivity index (χ3n) is 5.14. The highest BCUT2D eigenvalue weighted by Gasteiger charge is 2.28. The fraction of sp³-hybridized carbons (Fsp3) is 0.261. The van der Waals surface area contributed by atoms with E-state index >= 15 is 0 Å². The molecule has 6 nitrogen and oxygen atoms in total. The van der Waals surface area contributed by atoms with Gasteiger partial charge in [0, 0.05) is 31.2 Å². The van der Waals surface area contributed by atoms with Crippen molar-refractivity contribution < 1.29 is 13.9 Å². The Hall–Kier alpha value is -3.48. The van der Waals surface area contributed by atoms with Crippen molar-refractivity contribution in [2.75, 3.05) is 23.3 Å². The number of rotatable bonds is 5. The van der Waals surface area contributed by atoms with Crippen molar-refractivity contribution in [2.45, 2.75) is 19.8 Å². The molecule has 1 aliphatic rings. The van der Waals surface area contributed by atoms with Crippen LogP contribution < -0.4 is 15.0 Å². The lowest BCUT2D eigenvalue weighted by Gasteiger charge is -2.33. The minimum Gasteiger partial charge on any atom is -0.436 e. The highest BCUT2D eigenvalue weighted by molar-refractivity contribution is 5.93. The number of benzene rings is 2. The highest BCUT2D eigenvalue weighted by Crippen LogP contribution is 2.31. The summed E-state index contributed by atoms with van der Waals surface area (Å²) in [6.07, 6.45) is 4.79. The second-order valence-electron chi connectivity index (χ2n) is 7.34. The summed E-state index contributed by atoms with van der Waals surface area (Å²) in [6.45, 7) is 2.94. The number of carbonyl (C=O) groups excluding carboxylic acids is 1. The molecule has 1 aliphatic heterocycles. The Bertz CT molecular complexity index is 1030. The first kappa shape index (κ1) is 19.8. The van der Waals surface area contributed by atoms with Gasteiger partial charge in [-0.15, -0.1) is 0 Å². The molecule has 30 heavy (non-hydrogen) atoms. The predicted octanol–water partition coefficient (Wildman–Crippen LogP) is 4.57. The topological polar surface area (TPSA) is 67.4 Å². The number of hydrogen-bond acceptors (Lipinski definition) is 5. The molecule has 154 valence electrons. The number of nitrogens with one attached hydrogen (secondary N) is 1. The van der Waals surface area contributed by atoms with E-state index in [1.165, 1.54) is 6.07 Å². The monoisotopic (exact) mass is 406 g/mol. The van der Waals surface area contributed by atoms with Crippen LogP contribution in [-0.2, 0) is 4.79 Å². The second kappa shape index (κ2) is 8.90. The highest BCUT2D eigenvalue weighted by atomic mass is 19.1. The molecule has 0 bridgehead atoms. The molecule has 3 aromatic rings. The lowest BCUT2D eigenvalue weighted by atomic mass is 9.97. The summed E-state index contributed by atoms with van der Waals surface area (Å²) in [6, 6.07) is 14.1. The molecule has 0 aliphatic carbocycles. The Labute approximate surface area is 174 Å². The van der Waals surface area contributed by atoms with Crippen LogP contribution in [0.2, 0.25) is 0 Å². The van der Waals surface area contributed by atoms with Gasteiger partial charge in [0.1, 0.15) is 11.6 Å². The van der Waals surface area contributed by atoms with Crippen LogP contribution in [-0.4, -0.2) is 29.0 Å². The maximum absolute atomic E-state index is 13.8. The molecule has 1 fully saturated rings. The average Bonchev–Trinajstić information content (AvgIpc) is 2.77. The van der Waals surface area contributed by atoms with E-state index in [-0.39, 0.29) is 17.6 Å². The molecule has 4 rings (SSSR count). The Kier molecular flexibility index (Phi) is 5.88. The van der Waals surface area contributed by atoms with Crippen LogP contribution in [0.15, 0.2) is 60.9 Å². The van der Waals surface area contributed by atoms with Gasteiger partial charge in [0.25, 0.3) is 5.88 Å². The standard InChI is InChI=1S/C23H23FN4O2/c1-16-9-10-18(14-20(16)24)27-22(29)17-6-5-13-28(15-17)21-23(26-12-11-25-21)30-19-7-3-2-4-8-19/h2-4,7-12,14,17H,5-6,13,15H2,1H3,(H,27,29). The number of para-hydroxylation sites is 1. The molecule has 0 radical (unpaired) electrons. The van der Waals surface area contributed by atoms with Gasteiger partial charge in [-0.2, -0.15) is 0 Å². The summed E-state index contributed by atoms with van der Waals surface area (Å²) in [5.74, 6) is 0.991. The van der Waals surface area contributed by atoms with Crippen molar-refractivity contribution in [2.24, 2.45) is 5.92 Å². The molecule has 1 aromatic heterocycles. The first-order valence-electron chi connectivity index (χ1n) is 9.96. The molecule has 0 saturated carbocycles. The minimum atomic E-state index is -0.333. The largest absolute Gasteiger partial charge is 0.436 e. The van der Waals surface area contributed by atoms with Gasteiger partial charge < -0.3 is 15.0 Å². The average molecular weight is 406 g/mol. The summed E-state index contributed by atoms with van der Waals surface area (Å²) < 4.78 is 19.7. The number of aromatic nitrogens is 2. The number of amides is 1. The van der Waals surface area contributed by atoms with Crippen molar-refractivity contribution >= 4 is 17.4 Å². The van der Waals surface area contributed by atoms with Crippen LogP contribution in [0.4, 0.5) is 15.9 Å². The molecule has 2 aromatic carbocycles. The molecule has 1 N–H and O–H groups in total. The van der Waals surface area contributed by atoms with E-state index in [9.17, 15) is 9.18 Å². The van der Waals surface area contributed by atoms with E-state index in [2.05, 4.69) is 15.3 Å². The number of nitrogens with zero attached hydrogens (tertiary/aromatic N) is 3. The van der Waals surface area contributed by atoms with Gasteiger partial charge in [0.2, 0.25) is 5.91 Å². The predicted molar refractivity (Wildman–Crippen MR) is 113 cm³/mol. The van der Waals surface area contributed by atoms with E-state index < -0.39 is 0 Å². The van der Waals surface area contributed by atoms with Crippen LogP contribution in [0, 0.1) is 18.7 Å². The van der Waals surface area contributed by atoms with E-state index in [4.69, 9.17) is 4.74 Å². The lowest BCUT2D eigenvalue weighted by Crippen LogP contribution is -2.41. The van der Waals surface area contributed by atoms with Crippen LogP contribution in [0.5, 0.6) is 11.6 Å². The zero-order valence-corrected chi connectivity index (χ0v) is 16.7.